The molecule has 1 rings (SSSR count). The Morgan fingerprint density at radius 2 is 2.07 bits per heavy atom. The first-order valence-corrected chi connectivity index (χ1v) is 7.64. The summed E-state index contributed by atoms with van der Waals surface area (Å²) in [6.45, 7) is 1.71. The summed E-state index contributed by atoms with van der Waals surface area (Å²) in [7, 11) is -2.76. The fourth-order valence-corrected chi connectivity index (χ4v) is 3.29. The molecule has 0 N–H and O–H groups in total. The molecule has 1 aliphatic rings. The Bertz CT molecular complexity index is 261. The number of rotatable bonds is 5. The van der Waals surface area contributed by atoms with Crippen molar-refractivity contribution in [2.45, 2.75) is 44.4 Å². The van der Waals surface area contributed by atoms with E-state index in [1.54, 1.807) is 6.92 Å². The highest BCUT2D eigenvalue weighted by Crippen LogP contribution is 2.32. The Morgan fingerprint density at radius 3 is 2.57 bits per heavy atom. The molecule has 2 atom stereocenters. The lowest BCUT2D eigenvalue weighted by atomic mass is 10.0. The molecule has 4 heteroatoms. The molecule has 0 amide bonds. The van der Waals surface area contributed by atoms with Crippen molar-refractivity contribution in [1.29, 1.82) is 0 Å². The lowest BCUT2D eigenvalue weighted by Gasteiger charge is -2.08. The first kappa shape index (κ1) is 12.3. The van der Waals surface area contributed by atoms with E-state index in [-0.39, 0.29) is 5.75 Å². The van der Waals surface area contributed by atoms with Crippen molar-refractivity contribution < 1.29 is 8.42 Å². The number of alkyl halides is 1. The highest BCUT2D eigenvalue weighted by Gasteiger charge is 2.22. The monoisotopic (exact) mass is 238 g/mol. The summed E-state index contributed by atoms with van der Waals surface area (Å²) in [4.78, 5) is 0. The fourth-order valence-electron chi connectivity index (χ4n) is 2.01. The molecule has 0 aliphatic heterocycles. The molecule has 1 fully saturated rings. The van der Waals surface area contributed by atoms with E-state index < -0.39 is 9.84 Å². The van der Waals surface area contributed by atoms with Gasteiger partial charge in [0.1, 0.15) is 9.84 Å². The van der Waals surface area contributed by atoms with Gasteiger partial charge in [0.05, 0.1) is 5.75 Å². The maximum atomic E-state index is 11.2. The second-order valence-electron chi connectivity index (χ2n) is 4.15. The molecule has 0 aromatic rings. The van der Waals surface area contributed by atoms with E-state index in [0.29, 0.717) is 17.0 Å². The maximum Gasteiger partial charge on any atom is 0.150 e. The third-order valence-corrected chi connectivity index (χ3v) is 5.17. The average molecular weight is 239 g/mol. The smallest absolute Gasteiger partial charge is 0.150 e. The predicted molar refractivity (Wildman–Crippen MR) is 60.5 cm³/mol. The summed E-state index contributed by atoms with van der Waals surface area (Å²) < 4.78 is 22.4. The minimum absolute atomic E-state index is 0.274. The molecule has 0 saturated heterocycles. The predicted octanol–water partition coefficient (Wildman–Crippen LogP) is 2.61. The van der Waals surface area contributed by atoms with Crippen LogP contribution >= 0.6 is 11.6 Å². The van der Waals surface area contributed by atoms with Gasteiger partial charge < -0.3 is 0 Å². The molecule has 84 valence electrons. The lowest BCUT2D eigenvalue weighted by molar-refractivity contribution is 0.495. The van der Waals surface area contributed by atoms with Crippen molar-refractivity contribution in [3.05, 3.63) is 0 Å². The van der Waals surface area contributed by atoms with Crippen LogP contribution in [-0.4, -0.2) is 25.3 Å². The second-order valence-corrected chi connectivity index (χ2v) is 7.24. The molecular weight excluding hydrogens is 220 g/mol. The Kier molecular flexibility index (Phi) is 4.71. The van der Waals surface area contributed by atoms with E-state index in [0.717, 1.165) is 25.7 Å². The van der Waals surface area contributed by atoms with E-state index in [4.69, 9.17) is 11.6 Å². The van der Waals surface area contributed by atoms with Crippen LogP contribution in [0.15, 0.2) is 0 Å². The van der Waals surface area contributed by atoms with Crippen molar-refractivity contribution in [1.82, 2.24) is 0 Å². The first-order chi connectivity index (χ1) is 6.53. The van der Waals surface area contributed by atoms with E-state index >= 15 is 0 Å². The first-order valence-electron chi connectivity index (χ1n) is 5.38. The van der Waals surface area contributed by atoms with Gasteiger partial charge in [-0.2, -0.15) is 0 Å². The third-order valence-electron chi connectivity index (χ3n) is 2.98. The van der Waals surface area contributed by atoms with Crippen LogP contribution in [0, 0.1) is 5.92 Å². The van der Waals surface area contributed by atoms with Gasteiger partial charge in [0, 0.05) is 11.1 Å². The Balaban J connectivity index is 2.16. The third kappa shape index (κ3) is 4.18. The summed E-state index contributed by atoms with van der Waals surface area (Å²) in [6, 6.07) is 0. The van der Waals surface area contributed by atoms with Gasteiger partial charge in [-0.1, -0.05) is 6.92 Å². The van der Waals surface area contributed by atoms with Gasteiger partial charge in [0.15, 0.2) is 0 Å². The van der Waals surface area contributed by atoms with E-state index in [1.165, 1.54) is 6.42 Å². The van der Waals surface area contributed by atoms with Crippen molar-refractivity contribution in [2.24, 2.45) is 5.92 Å². The van der Waals surface area contributed by atoms with Crippen LogP contribution in [0.3, 0.4) is 0 Å². The summed E-state index contributed by atoms with van der Waals surface area (Å²) in [6.07, 6.45) is 5.20. The molecule has 14 heavy (non-hydrogen) atoms. The maximum absolute atomic E-state index is 11.2. The van der Waals surface area contributed by atoms with Gasteiger partial charge in [-0.3, -0.25) is 0 Å². The molecule has 0 bridgehead atoms. The zero-order valence-electron chi connectivity index (χ0n) is 8.71. The summed E-state index contributed by atoms with van der Waals surface area (Å²) in [5.41, 5.74) is 0. The van der Waals surface area contributed by atoms with Gasteiger partial charge in [-0.25, -0.2) is 8.42 Å². The molecule has 0 radical (unpaired) electrons. The molecule has 0 aromatic carbocycles. The number of halogens is 1. The Labute approximate surface area is 91.9 Å². The van der Waals surface area contributed by atoms with Gasteiger partial charge in [-0.15, -0.1) is 11.6 Å². The second kappa shape index (κ2) is 5.36. The van der Waals surface area contributed by atoms with Crippen molar-refractivity contribution >= 4 is 21.4 Å². The quantitative estimate of drug-likeness (QED) is 0.690. The molecule has 1 saturated carbocycles. The normalized spacial score (nSPS) is 28.1. The Morgan fingerprint density at radius 1 is 1.36 bits per heavy atom. The van der Waals surface area contributed by atoms with Crippen LogP contribution in [0.25, 0.3) is 0 Å². The van der Waals surface area contributed by atoms with Gasteiger partial charge in [-0.05, 0) is 38.0 Å². The van der Waals surface area contributed by atoms with Crippen molar-refractivity contribution in [2.75, 3.05) is 11.5 Å². The number of sulfone groups is 1. The van der Waals surface area contributed by atoms with Crippen LogP contribution in [0.2, 0.25) is 0 Å². The SMILES string of the molecule is CCS(=O)(=O)CCCC1CCC(Cl)C1. The fraction of sp³-hybridized carbons (Fsp3) is 1.00. The molecule has 0 spiro atoms. The molecule has 0 heterocycles. The van der Waals surface area contributed by atoms with Crippen LogP contribution < -0.4 is 0 Å². The highest BCUT2D eigenvalue weighted by molar-refractivity contribution is 7.91. The van der Waals surface area contributed by atoms with Crippen LogP contribution in [-0.2, 0) is 9.84 Å². The molecule has 2 nitrogen and oxygen atoms in total. The standard InChI is InChI=1S/C10H19ClO2S/c1-2-14(12,13)7-3-4-9-5-6-10(11)8-9/h9-10H,2-8H2,1H3. The molecular formula is C10H19ClO2S. The van der Waals surface area contributed by atoms with Crippen LogP contribution in [0.1, 0.15) is 39.0 Å². The zero-order chi connectivity index (χ0) is 10.6. The minimum Gasteiger partial charge on any atom is -0.229 e. The van der Waals surface area contributed by atoms with Crippen molar-refractivity contribution in [3.8, 4) is 0 Å². The molecule has 0 aromatic heterocycles. The van der Waals surface area contributed by atoms with Gasteiger partial charge in [0.2, 0.25) is 0 Å². The zero-order valence-corrected chi connectivity index (χ0v) is 10.3. The Hall–Kier alpha value is 0.240. The van der Waals surface area contributed by atoms with Gasteiger partial charge in [0.25, 0.3) is 0 Å². The summed E-state index contributed by atoms with van der Waals surface area (Å²) >= 11 is 5.98. The topological polar surface area (TPSA) is 34.1 Å². The van der Waals surface area contributed by atoms with Gasteiger partial charge >= 0.3 is 0 Å². The van der Waals surface area contributed by atoms with E-state index in [1.807, 2.05) is 0 Å². The molecule has 1 aliphatic carbocycles. The average Bonchev–Trinajstić information content (AvgIpc) is 2.51. The van der Waals surface area contributed by atoms with E-state index in [2.05, 4.69) is 0 Å². The lowest BCUT2D eigenvalue weighted by Crippen LogP contribution is -2.09. The number of hydrogen-bond acceptors (Lipinski definition) is 2. The van der Waals surface area contributed by atoms with Crippen LogP contribution in [0.5, 0.6) is 0 Å². The highest BCUT2D eigenvalue weighted by atomic mass is 35.5. The summed E-state index contributed by atoms with van der Waals surface area (Å²) in [5, 5.41) is 0.336. The minimum atomic E-state index is -2.76. The van der Waals surface area contributed by atoms with Crippen LogP contribution in [0.4, 0.5) is 0 Å². The summed E-state index contributed by atoms with van der Waals surface area (Å²) in [5.74, 6) is 1.30. The van der Waals surface area contributed by atoms with Crippen molar-refractivity contribution in [3.63, 3.8) is 0 Å². The number of hydrogen-bond donors (Lipinski definition) is 0. The van der Waals surface area contributed by atoms with E-state index in [9.17, 15) is 8.42 Å². The molecule has 2 unspecified atom stereocenters. The largest absolute Gasteiger partial charge is 0.229 e.